The number of nitrogens with one attached hydrogen (secondary N) is 1. The molecule has 1 aromatic rings. The lowest BCUT2D eigenvalue weighted by Gasteiger charge is -2.28. The second-order valence-electron chi connectivity index (χ2n) is 6.67. The molecule has 2 N–H and O–H groups in total. The molecule has 0 aromatic carbocycles. The molecule has 2 fully saturated rings. The van der Waals surface area contributed by atoms with Gasteiger partial charge in [0.15, 0.2) is 5.75 Å². The Morgan fingerprint density at radius 2 is 1.45 bits per heavy atom. The number of aromatic hydroxyl groups is 1. The number of H-pyrrole nitrogens is 1. The van der Waals surface area contributed by atoms with E-state index in [0.717, 1.165) is 44.0 Å². The van der Waals surface area contributed by atoms with Crippen LogP contribution < -0.4 is 5.56 Å². The lowest BCUT2D eigenvalue weighted by molar-refractivity contribution is 0.214. The molecule has 0 amide bonds. The zero-order valence-corrected chi connectivity index (χ0v) is 13.3. The number of likely N-dealkylation sites (tertiary alicyclic amines) is 2. The molecule has 3 rings (SSSR count). The summed E-state index contributed by atoms with van der Waals surface area (Å²) in [5.74, 6) is -0.104. The van der Waals surface area contributed by atoms with Crippen molar-refractivity contribution in [2.45, 2.75) is 51.6 Å². The first-order chi connectivity index (χ1) is 10.7. The number of aromatic nitrogens is 1. The number of pyridine rings is 1. The highest BCUT2D eigenvalue weighted by atomic mass is 16.3. The van der Waals surface area contributed by atoms with E-state index in [4.69, 9.17) is 0 Å². The predicted octanol–water partition coefficient (Wildman–Crippen LogP) is 2.05. The second-order valence-corrected chi connectivity index (χ2v) is 6.67. The Bertz CT molecular complexity index is 543. The van der Waals surface area contributed by atoms with Crippen molar-refractivity contribution < 1.29 is 5.11 Å². The average molecular weight is 305 g/mol. The fourth-order valence-electron chi connectivity index (χ4n) is 3.59. The smallest absolute Gasteiger partial charge is 0.290 e. The minimum Gasteiger partial charge on any atom is -0.503 e. The normalized spacial score (nSPS) is 21.1. The Balaban J connectivity index is 1.72. The van der Waals surface area contributed by atoms with Crippen molar-refractivity contribution >= 4 is 0 Å². The topological polar surface area (TPSA) is 59.6 Å². The summed E-state index contributed by atoms with van der Waals surface area (Å²) in [6, 6.07) is 1.99. The van der Waals surface area contributed by atoms with Gasteiger partial charge in [-0.15, -0.1) is 0 Å². The van der Waals surface area contributed by atoms with Gasteiger partial charge >= 0.3 is 0 Å². The Kier molecular flexibility index (Phi) is 5.16. The van der Waals surface area contributed by atoms with Gasteiger partial charge in [-0.05, 0) is 57.9 Å². The molecule has 0 unspecified atom stereocenters. The molecule has 3 heterocycles. The molecular formula is C17H27N3O2. The zero-order chi connectivity index (χ0) is 15.4. The van der Waals surface area contributed by atoms with Crippen molar-refractivity contribution in [1.82, 2.24) is 14.8 Å². The highest BCUT2D eigenvalue weighted by Crippen LogP contribution is 2.19. The predicted molar refractivity (Wildman–Crippen MR) is 87.0 cm³/mol. The Morgan fingerprint density at radius 1 is 0.909 bits per heavy atom. The van der Waals surface area contributed by atoms with Gasteiger partial charge in [-0.2, -0.15) is 0 Å². The fourth-order valence-corrected chi connectivity index (χ4v) is 3.59. The molecule has 0 aliphatic carbocycles. The Morgan fingerprint density at radius 3 is 2.05 bits per heavy atom. The molecule has 2 saturated heterocycles. The molecule has 5 heteroatoms. The number of nitrogens with zero attached hydrogens (tertiary/aromatic N) is 2. The van der Waals surface area contributed by atoms with Crippen molar-refractivity contribution in [2.24, 2.45) is 0 Å². The average Bonchev–Trinajstić information content (AvgIpc) is 2.54. The molecule has 0 spiro atoms. The molecule has 0 radical (unpaired) electrons. The quantitative estimate of drug-likeness (QED) is 0.894. The molecule has 1 aromatic heterocycles. The lowest BCUT2D eigenvalue weighted by Crippen LogP contribution is -2.31. The van der Waals surface area contributed by atoms with E-state index < -0.39 is 0 Å². The van der Waals surface area contributed by atoms with Gasteiger partial charge in [0.05, 0.1) is 0 Å². The molecule has 122 valence electrons. The van der Waals surface area contributed by atoms with Crippen LogP contribution in [-0.2, 0) is 13.1 Å². The first-order valence-electron chi connectivity index (χ1n) is 8.61. The zero-order valence-electron chi connectivity index (χ0n) is 13.3. The summed E-state index contributed by atoms with van der Waals surface area (Å²) < 4.78 is 0. The summed E-state index contributed by atoms with van der Waals surface area (Å²) in [4.78, 5) is 19.6. The maximum absolute atomic E-state index is 12.0. The fraction of sp³-hybridized carbons (Fsp3) is 0.706. The monoisotopic (exact) mass is 305 g/mol. The van der Waals surface area contributed by atoms with Crippen LogP contribution in [-0.4, -0.2) is 46.1 Å². The van der Waals surface area contributed by atoms with Crippen molar-refractivity contribution in [3.05, 3.63) is 27.7 Å². The molecule has 2 aliphatic heterocycles. The number of aromatic amines is 1. The summed E-state index contributed by atoms with van der Waals surface area (Å²) in [6.07, 6.45) is 7.50. The van der Waals surface area contributed by atoms with Crippen molar-refractivity contribution in [2.75, 3.05) is 26.2 Å². The highest BCUT2D eigenvalue weighted by molar-refractivity contribution is 5.31. The summed E-state index contributed by atoms with van der Waals surface area (Å²) in [5, 5.41) is 10.1. The Labute approximate surface area is 131 Å². The maximum Gasteiger partial charge on any atom is 0.290 e. The van der Waals surface area contributed by atoms with Gasteiger partial charge in [-0.1, -0.05) is 12.8 Å². The minimum atomic E-state index is -0.346. The van der Waals surface area contributed by atoms with E-state index in [1.165, 1.54) is 38.5 Å². The Hall–Kier alpha value is -1.33. The van der Waals surface area contributed by atoms with Gasteiger partial charge in [0.1, 0.15) is 0 Å². The number of hydrogen-bond acceptors (Lipinski definition) is 4. The van der Waals surface area contributed by atoms with Crippen LogP contribution >= 0.6 is 0 Å². The van der Waals surface area contributed by atoms with Crippen LogP contribution in [0.15, 0.2) is 10.9 Å². The number of piperidine rings is 2. The van der Waals surface area contributed by atoms with Crippen LogP contribution in [0.3, 0.4) is 0 Å². The van der Waals surface area contributed by atoms with Gasteiger partial charge in [-0.3, -0.25) is 14.6 Å². The standard InChI is InChI=1S/C17H27N3O2/c21-16-14(12-19-7-3-1-4-8-19)11-15(18-17(16)22)13-20-9-5-2-6-10-20/h11,21H,1-10,12-13H2,(H,18,22). The van der Waals surface area contributed by atoms with Gasteiger partial charge < -0.3 is 10.1 Å². The SMILES string of the molecule is O=c1[nH]c(CN2CCCCC2)cc(CN2CCCCC2)c1O. The number of hydrogen-bond donors (Lipinski definition) is 2. The molecule has 0 bridgehead atoms. The third kappa shape index (κ3) is 3.90. The van der Waals surface area contributed by atoms with Crippen LogP contribution in [0.1, 0.15) is 49.8 Å². The minimum absolute atomic E-state index is 0.104. The van der Waals surface area contributed by atoms with Crippen LogP contribution in [0.5, 0.6) is 5.75 Å². The molecule has 0 atom stereocenters. The summed E-state index contributed by atoms with van der Waals surface area (Å²) >= 11 is 0. The first-order valence-corrected chi connectivity index (χ1v) is 8.61. The van der Waals surface area contributed by atoms with E-state index in [1.807, 2.05) is 6.07 Å². The molecule has 2 aliphatic rings. The maximum atomic E-state index is 12.0. The van der Waals surface area contributed by atoms with Gasteiger partial charge in [0, 0.05) is 24.3 Å². The van der Waals surface area contributed by atoms with Gasteiger partial charge in [-0.25, -0.2) is 0 Å². The summed E-state index contributed by atoms with van der Waals surface area (Å²) in [5.41, 5.74) is 1.36. The summed E-state index contributed by atoms with van der Waals surface area (Å²) in [6.45, 7) is 5.79. The van der Waals surface area contributed by atoms with E-state index in [-0.39, 0.29) is 11.3 Å². The van der Waals surface area contributed by atoms with Crippen LogP contribution in [0.2, 0.25) is 0 Å². The van der Waals surface area contributed by atoms with Gasteiger partial charge in [0.2, 0.25) is 0 Å². The van der Waals surface area contributed by atoms with Crippen LogP contribution in [0.4, 0.5) is 0 Å². The van der Waals surface area contributed by atoms with Gasteiger partial charge in [0.25, 0.3) is 5.56 Å². The molecular weight excluding hydrogens is 278 g/mol. The lowest BCUT2D eigenvalue weighted by atomic mass is 10.1. The highest BCUT2D eigenvalue weighted by Gasteiger charge is 2.17. The van der Waals surface area contributed by atoms with E-state index in [0.29, 0.717) is 6.54 Å². The van der Waals surface area contributed by atoms with E-state index >= 15 is 0 Å². The van der Waals surface area contributed by atoms with Crippen LogP contribution in [0, 0.1) is 0 Å². The van der Waals surface area contributed by atoms with E-state index in [9.17, 15) is 9.90 Å². The van der Waals surface area contributed by atoms with Crippen molar-refractivity contribution in [3.63, 3.8) is 0 Å². The molecule has 0 saturated carbocycles. The van der Waals surface area contributed by atoms with Crippen molar-refractivity contribution in [3.8, 4) is 5.75 Å². The molecule has 22 heavy (non-hydrogen) atoms. The summed E-state index contributed by atoms with van der Waals surface area (Å²) in [7, 11) is 0. The third-order valence-electron chi connectivity index (χ3n) is 4.83. The van der Waals surface area contributed by atoms with E-state index in [2.05, 4.69) is 14.8 Å². The van der Waals surface area contributed by atoms with Crippen LogP contribution in [0.25, 0.3) is 0 Å². The molecule has 5 nitrogen and oxygen atoms in total. The second kappa shape index (κ2) is 7.29. The third-order valence-corrected chi connectivity index (χ3v) is 4.83. The van der Waals surface area contributed by atoms with E-state index in [1.54, 1.807) is 0 Å². The first kappa shape index (κ1) is 15.6. The largest absolute Gasteiger partial charge is 0.503 e. The van der Waals surface area contributed by atoms with Crippen molar-refractivity contribution in [1.29, 1.82) is 0 Å². The number of rotatable bonds is 4.